The highest BCUT2D eigenvalue weighted by Crippen LogP contribution is 2.44. The van der Waals surface area contributed by atoms with Crippen molar-refractivity contribution in [1.82, 2.24) is 0 Å². The van der Waals surface area contributed by atoms with E-state index in [1.807, 2.05) is 0 Å². The highest BCUT2D eigenvalue weighted by molar-refractivity contribution is 6.14. The predicted octanol–water partition coefficient (Wildman–Crippen LogP) is 9.38. The zero-order valence-electron chi connectivity index (χ0n) is 20.2. The predicted molar refractivity (Wildman–Crippen MR) is 144 cm³/mol. The number of benzene rings is 5. The van der Waals surface area contributed by atoms with Gasteiger partial charge in [-0.15, -0.1) is 0 Å². The van der Waals surface area contributed by atoms with Crippen molar-refractivity contribution in [3.63, 3.8) is 0 Å². The van der Waals surface area contributed by atoms with Crippen molar-refractivity contribution in [3.8, 4) is 0 Å². The van der Waals surface area contributed by atoms with Crippen LogP contribution in [0.25, 0.3) is 21.5 Å². The fourth-order valence-corrected chi connectivity index (χ4v) is 4.55. The maximum absolute atomic E-state index is 2.42. The van der Waals surface area contributed by atoms with Crippen LogP contribution in [-0.4, -0.2) is 0 Å². The second-order valence-corrected chi connectivity index (χ2v) is 10.1. The molecule has 5 aromatic rings. The normalized spacial score (nSPS) is 11.8. The lowest BCUT2D eigenvalue weighted by Crippen LogP contribution is -2.12. The number of nitrogens with zero attached hydrogens (tertiary/aromatic N) is 1. The first kappa shape index (κ1) is 21.3. The highest BCUT2D eigenvalue weighted by atomic mass is 15.1. The Morgan fingerprint density at radius 1 is 0.545 bits per heavy atom. The molecule has 0 aliphatic heterocycles. The molecule has 33 heavy (non-hydrogen) atoms. The summed E-state index contributed by atoms with van der Waals surface area (Å²) >= 11 is 0. The van der Waals surface area contributed by atoms with Crippen LogP contribution in [0.15, 0.2) is 97.1 Å². The molecule has 0 bridgehead atoms. The summed E-state index contributed by atoms with van der Waals surface area (Å²) in [5.74, 6) is 0. The summed E-state index contributed by atoms with van der Waals surface area (Å²) in [6, 6.07) is 35.8. The second kappa shape index (κ2) is 8.08. The summed E-state index contributed by atoms with van der Waals surface area (Å²) in [5, 5.41) is 5.06. The van der Waals surface area contributed by atoms with E-state index < -0.39 is 0 Å². The van der Waals surface area contributed by atoms with Crippen LogP contribution >= 0.6 is 0 Å². The van der Waals surface area contributed by atoms with E-state index in [0.717, 1.165) is 0 Å². The average Bonchev–Trinajstić information content (AvgIpc) is 2.80. The lowest BCUT2D eigenvalue weighted by molar-refractivity contribution is 0.591. The molecule has 0 unspecified atom stereocenters. The molecule has 0 saturated carbocycles. The third kappa shape index (κ3) is 4.00. The Kier molecular flexibility index (Phi) is 5.21. The quantitative estimate of drug-likeness (QED) is 0.258. The molecule has 0 radical (unpaired) electrons. The van der Waals surface area contributed by atoms with Crippen LogP contribution in [0.1, 0.15) is 37.5 Å². The number of aryl methyl sites for hydroxylation is 2. The lowest BCUT2D eigenvalue weighted by atomic mass is 9.85. The van der Waals surface area contributed by atoms with Gasteiger partial charge in [-0.2, -0.15) is 0 Å². The van der Waals surface area contributed by atoms with Gasteiger partial charge in [-0.3, -0.25) is 0 Å². The molecule has 5 aromatic carbocycles. The summed E-state index contributed by atoms with van der Waals surface area (Å²) in [5.41, 5.74) is 7.56. The lowest BCUT2D eigenvalue weighted by Gasteiger charge is -2.29. The SMILES string of the molecule is Cc1ccc(N(c2ccc(C)cc2)c2c3ccccc3cc3cc(C(C)(C)C)ccc23)cc1. The molecular formula is C32H31N. The number of hydrogen-bond acceptors (Lipinski definition) is 1. The van der Waals surface area contributed by atoms with E-state index in [1.54, 1.807) is 0 Å². The monoisotopic (exact) mass is 429 g/mol. The number of fused-ring (bicyclic) bond motifs is 2. The van der Waals surface area contributed by atoms with Crippen LogP contribution in [0.2, 0.25) is 0 Å². The Hall–Kier alpha value is -3.58. The van der Waals surface area contributed by atoms with Crippen molar-refractivity contribution in [1.29, 1.82) is 0 Å². The van der Waals surface area contributed by atoms with E-state index in [-0.39, 0.29) is 5.41 Å². The van der Waals surface area contributed by atoms with Crippen LogP contribution in [0.5, 0.6) is 0 Å². The fourth-order valence-electron chi connectivity index (χ4n) is 4.55. The van der Waals surface area contributed by atoms with E-state index in [9.17, 15) is 0 Å². The Balaban J connectivity index is 1.88. The number of hydrogen-bond donors (Lipinski definition) is 0. The second-order valence-electron chi connectivity index (χ2n) is 10.1. The molecule has 0 aromatic heterocycles. The van der Waals surface area contributed by atoms with Crippen molar-refractivity contribution >= 4 is 38.6 Å². The standard InChI is InChI=1S/C32H31N/c1-22-10-15-27(16-11-22)33(28-17-12-23(2)13-18-28)31-29-9-7-6-8-24(29)20-25-21-26(32(3,4)5)14-19-30(25)31/h6-21H,1-5H3. The molecule has 164 valence electrons. The minimum atomic E-state index is 0.105. The summed E-state index contributed by atoms with van der Waals surface area (Å²) in [6.07, 6.45) is 0. The Morgan fingerprint density at radius 3 is 1.67 bits per heavy atom. The van der Waals surface area contributed by atoms with Gasteiger partial charge in [-0.05, 0) is 65.9 Å². The van der Waals surface area contributed by atoms with Crippen LogP contribution in [-0.2, 0) is 5.41 Å². The van der Waals surface area contributed by atoms with Gasteiger partial charge in [-0.1, -0.05) is 98.6 Å². The first-order chi connectivity index (χ1) is 15.8. The maximum atomic E-state index is 2.42. The Morgan fingerprint density at radius 2 is 1.09 bits per heavy atom. The van der Waals surface area contributed by atoms with E-state index in [1.165, 1.54) is 55.3 Å². The molecule has 0 aliphatic rings. The first-order valence-corrected chi connectivity index (χ1v) is 11.7. The Bertz CT molecular complexity index is 1390. The molecule has 5 rings (SSSR count). The summed E-state index contributed by atoms with van der Waals surface area (Å²) < 4.78 is 0. The molecular weight excluding hydrogens is 398 g/mol. The van der Waals surface area contributed by atoms with Gasteiger partial charge < -0.3 is 4.90 Å². The highest BCUT2D eigenvalue weighted by Gasteiger charge is 2.20. The molecule has 0 fully saturated rings. The smallest absolute Gasteiger partial charge is 0.0618 e. The maximum Gasteiger partial charge on any atom is 0.0618 e. The van der Waals surface area contributed by atoms with E-state index in [2.05, 4.69) is 137 Å². The summed E-state index contributed by atoms with van der Waals surface area (Å²) in [4.78, 5) is 2.42. The van der Waals surface area contributed by atoms with Gasteiger partial charge in [0.1, 0.15) is 0 Å². The topological polar surface area (TPSA) is 3.24 Å². The molecule has 1 nitrogen and oxygen atoms in total. The molecule has 0 N–H and O–H groups in total. The average molecular weight is 430 g/mol. The zero-order valence-corrected chi connectivity index (χ0v) is 20.2. The van der Waals surface area contributed by atoms with Crippen molar-refractivity contribution < 1.29 is 0 Å². The van der Waals surface area contributed by atoms with Crippen LogP contribution in [0.3, 0.4) is 0 Å². The van der Waals surface area contributed by atoms with Gasteiger partial charge in [0.2, 0.25) is 0 Å². The van der Waals surface area contributed by atoms with Crippen LogP contribution < -0.4 is 4.90 Å². The van der Waals surface area contributed by atoms with E-state index in [4.69, 9.17) is 0 Å². The number of rotatable bonds is 3. The van der Waals surface area contributed by atoms with Gasteiger partial charge >= 0.3 is 0 Å². The molecule has 0 amide bonds. The van der Waals surface area contributed by atoms with E-state index in [0.29, 0.717) is 0 Å². The molecule has 1 heteroatoms. The van der Waals surface area contributed by atoms with Crippen LogP contribution in [0, 0.1) is 13.8 Å². The minimum absolute atomic E-state index is 0.105. The van der Waals surface area contributed by atoms with E-state index >= 15 is 0 Å². The van der Waals surface area contributed by atoms with Gasteiger partial charge in [0.25, 0.3) is 0 Å². The van der Waals surface area contributed by atoms with Gasteiger partial charge in [0.15, 0.2) is 0 Å². The van der Waals surface area contributed by atoms with Gasteiger partial charge in [0, 0.05) is 22.1 Å². The van der Waals surface area contributed by atoms with Crippen LogP contribution in [0.4, 0.5) is 17.1 Å². The van der Waals surface area contributed by atoms with Crippen molar-refractivity contribution in [2.75, 3.05) is 4.90 Å². The largest absolute Gasteiger partial charge is 0.309 e. The molecule has 0 heterocycles. The minimum Gasteiger partial charge on any atom is -0.309 e. The van der Waals surface area contributed by atoms with Crippen molar-refractivity contribution in [3.05, 3.63) is 114 Å². The summed E-state index contributed by atoms with van der Waals surface area (Å²) in [7, 11) is 0. The van der Waals surface area contributed by atoms with Crippen molar-refractivity contribution in [2.24, 2.45) is 0 Å². The molecule has 0 atom stereocenters. The zero-order chi connectivity index (χ0) is 23.2. The van der Waals surface area contributed by atoms with Gasteiger partial charge in [0.05, 0.1) is 5.69 Å². The molecule has 0 spiro atoms. The Labute approximate surface area is 197 Å². The third-order valence-electron chi connectivity index (χ3n) is 6.51. The first-order valence-electron chi connectivity index (χ1n) is 11.7. The molecule has 0 aliphatic carbocycles. The third-order valence-corrected chi connectivity index (χ3v) is 6.51. The summed E-state index contributed by atoms with van der Waals surface area (Å²) in [6.45, 7) is 11.1. The fraction of sp³-hybridized carbons (Fsp3) is 0.188. The number of anilines is 3. The van der Waals surface area contributed by atoms with Gasteiger partial charge in [-0.25, -0.2) is 0 Å². The van der Waals surface area contributed by atoms with Crippen molar-refractivity contribution in [2.45, 2.75) is 40.0 Å². The molecule has 0 saturated heterocycles.